The average molecular weight is 307 g/mol. The second kappa shape index (κ2) is 7.22. The van der Waals surface area contributed by atoms with Crippen molar-refractivity contribution in [3.05, 3.63) is 33.9 Å². The first-order valence-electron chi connectivity index (χ1n) is 7.48. The van der Waals surface area contributed by atoms with E-state index >= 15 is 0 Å². The molecule has 2 rings (SSSR count). The Morgan fingerprint density at radius 2 is 2.14 bits per heavy atom. The Bertz CT molecular complexity index is 554. The molecule has 1 aliphatic heterocycles. The van der Waals surface area contributed by atoms with Gasteiger partial charge in [-0.2, -0.15) is 0 Å². The van der Waals surface area contributed by atoms with Gasteiger partial charge in [0.05, 0.1) is 11.0 Å². The summed E-state index contributed by atoms with van der Waals surface area (Å²) in [5, 5.41) is 23.5. The predicted molar refractivity (Wildman–Crippen MR) is 83.0 cm³/mol. The number of nitrogens with zero attached hydrogens (tertiary/aromatic N) is 2. The van der Waals surface area contributed by atoms with Crippen LogP contribution in [0, 0.1) is 10.1 Å². The number of carbonyl (C=O) groups is 1. The number of aliphatic hydroxyl groups excluding tert-OH is 1. The number of benzene rings is 1. The molecule has 0 bridgehead atoms. The van der Waals surface area contributed by atoms with Gasteiger partial charge in [0.2, 0.25) is 0 Å². The number of nitro benzene ring substituents is 1. The summed E-state index contributed by atoms with van der Waals surface area (Å²) in [5.41, 5.74) is 0.598. The molecule has 0 radical (unpaired) electrons. The molecule has 0 aromatic heterocycles. The summed E-state index contributed by atoms with van der Waals surface area (Å²) in [4.78, 5) is 24.7. The van der Waals surface area contributed by atoms with Crippen LogP contribution in [0.5, 0.6) is 0 Å². The molecule has 120 valence electrons. The van der Waals surface area contributed by atoms with Crippen LogP contribution in [0.25, 0.3) is 0 Å². The van der Waals surface area contributed by atoms with E-state index in [2.05, 4.69) is 5.32 Å². The molecule has 1 aromatic carbocycles. The molecule has 7 heteroatoms. The lowest BCUT2D eigenvalue weighted by Gasteiger charge is -2.16. The van der Waals surface area contributed by atoms with Crippen molar-refractivity contribution in [2.45, 2.75) is 32.3 Å². The van der Waals surface area contributed by atoms with Crippen molar-refractivity contribution in [3.8, 4) is 0 Å². The maximum absolute atomic E-state index is 12.5. The highest BCUT2D eigenvalue weighted by atomic mass is 16.6. The highest BCUT2D eigenvalue weighted by Crippen LogP contribution is 2.25. The standard InChI is InChI=1S/C15H21N3O4/c1-11(19)6-7-16-12-4-5-14(18(21)22)13(10-12)15(20)17-8-2-3-9-17/h4-5,10-11,16,19H,2-3,6-9H2,1H3/t11-/m0/s1. The zero-order chi connectivity index (χ0) is 16.1. The minimum Gasteiger partial charge on any atom is -0.393 e. The van der Waals surface area contributed by atoms with Crippen LogP contribution in [0.2, 0.25) is 0 Å². The van der Waals surface area contributed by atoms with Gasteiger partial charge in [-0.3, -0.25) is 14.9 Å². The van der Waals surface area contributed by atoms with Crippen LogP contribution in [0.1, 0.15) is 36.5 Å². The second-order valence-electron chi connectivity index (χ2n) is 5.55. The Balaban J connectivity index is 2.19. The number of aliphatic hydroxyl groups is 1. The van der Waals surface area contributed by atoms with Gasteiger partial charge >= 0.3 is 0 Å². The first-order valence-corrected chi connectivity index (χ1v) is 7.48. The fourth-order valence-electron chi connectivity index (χ4n) is 2.49. The summed E-state index contributed by atoms with van der Waals surface area (Å²) in [7, 11) is 0. The largest absolute Gasteiger partial charge is 0.393 e. The smallest absolute Gasteiger partial charge is 0.282 e. The van der Waals surface area contributed by atoms with E-state index in [0.717, 1.165) is 12.8 Å². The maximum Gasteiger partial charge on any atom is 0.282 e. The molecule has 0 unspecified atom stereocenters. The average Bonchev–Trinajstić information content (AvgIpc) is 3.00. The maximum atomic E-state index is 12.5. The molecule has 22 heavy (non-hydrogen) atoms. The molecule has 1 heterocycles. The SMILES string of the molecule is C[C@H](O)CCNc1ccc([N+](=O)[O-])c(C(=O)N2CCCC2)c1. The Hall–Kier alpha value is -2.15. The molecule has 1 aliphatic rings. The molecular formula is C15H21N3O4. The molecule has 1 fully saturated rings. The number of nitrogens with one attached hydrogen (secondary N) is 1. The van der Waals surface area contributed by atoms with E-state index in [4.69, 9.17) is 0 Å². The molecular weight excluding hydrogens is 286 g/mol. The quantitative estimate of drug-likeness (QED) is 0.619. The lowest BCUT2D eigenvalue weighted by molar-refractivity contribution is -0.385. The van der Waals surface area contributed by atoms with Crippen molar-refractivity contribution in [2.75, 3.05) is 25.0 Å². The van der Waals surface area contributed by atoms with Gasteiger partial charge in [0.15, 0.2) is 0 Å². The Kier molecular flexibility index (Phi) is 5.32. The number of rotatable bonds is 6. The summed E-state index contributed by atoms with van der Waals surface area (Å²) in [6.07, 6.45) is 2.01. The van der Waals surface area contributed by atoms with Crippen LogP contribution in [0.15, 0.2) is 18.2 Å². The molecule has 1 amide bonds. The highest BCUT2D eigenvalue weighted by Gasteiger charge is 2.26. The van der Waals surface area contributed by atoms with Crippen molar-refractivity contribution in [1.29, 1.82) is 0 Å². The number of amides is 1. The van der Waals surface area contributed by atoms with Crippen LogP contribution >= 0.6 is 0 Å². The third-order valence-electron chi connectivity index (χ3n) is 3.71. The molecule has 1 atom stereocenters. The van der Waals surface area contributed by atoms with Crippen LogP contribution in [-0.4, -0.2) is 46.6 Å². The number of hydrogen-bond donors (Lipinski definition) is 2. The Morgan fingerprint density at radius 1 is 1.45 bits per heavy atom. The number of nitro groups is 1. The summed E-state index contributed by atoms with van der Waals surface area (Å²) in [6.45, 7) is 3.53. The van der Waals surface area contributed by atoms with Crippen molar-refractivity contribution in [1.82, 2.24) is 4.90 Å². The van der Waals surface area contributed by atoms with Crippen molar-refractivity contribution in [3.63, 3.8) is 0 Å². The third-order valence-corrected chi connectivity index (χ3v) is 3.71. The lowest BCUT2D eigenvalue weighted by atomic mass is 10.1. The van der Waals surface area contributed by atoms with Crippen LogP contribution in [0.3, 0.4) is 0 Å². The van der Waals surface area contributed by atoms with E-state index < -0.39 is 11.0 Å². The molecule has 0 spiro atoms. The van der Waals surface area contributed by atoms with Gasteiger partial charge in [0.1, 0.15) is 5.56 Å². The van der Waals surface area contributed by atoms with Crippen LogP contribution in [-0.2, 0) is 0 Å². The zero-order valence-electron chi connectivity index (χ0n) is 12.6. The van der Waals surface area contributed by atoms with E-state index in [9.17, 15) is 20.0 Å². The molecule has 1 saturated heterocycles. The fourth-order valence-corrected chi connectivity index (χ4v) is 2.49. The normalized spacial score (nSPS) is 15.6. The second-order valence-corrected chi connectivity index (χ2v) is 5.55. The predicted octanol–water partition coefficient (Wildman–Crippen LogP) is 2.01. The fraction of sp³-hybridized carbons (Fsp3) is 0.533. The molecule has 1 aromatic rings. The summed E-state index contributed by atoms with van der Waals surface area (Å²) < 4.78 is 0. The van der Waals surface area contributed by atoms with E-state index in [1.807, 2.05) is 0 Å². The van der Waals surface area contributed by atoms with E-state index in [1.54, 1.807) is 17.9 Å². The molecule has 2 N–H and O–H groups in total. The number of carbonyl (C=O) groups excluding carboxylic acids is 1. The van der Waals surface area contributed by atoms with Crippen molar-refractivity contribution in [2.24, 2.45) is 0 Å². The number of hydrogen-bond acceptors (Lipinski definition) is 5. The number of anilines is 1. The Morgan fingerprint density at radius 3 is 2.73 bits per heavy atom. The van der Waals surface area contributed by atoms with Gasteiger partial charge in [-0.1, -0.05) is 0 Å². The summed E-state index contributed by atoms with van der Waals surface area (Å²) >= 11 is 0. The van der Waals surface area contributed by atoms with Gasteiger partial charge in [0, 0.05) is 31.4 Å². The summed E-state index contributed by atoms with van der Waals surface area (Å²) in [6, 6.07) is 4.47. The van der Waals surface area contributed by atoms with Gasteiger partial charge in [0.25, 0.3) is 11.6 Å². The van der Waals surface area contributed by atoms with Crippen LogP contribution in [0.4, 0.5) is 11.4 Å². The van der Waals surface area contributed by atoms with Crippen molar-refractivity contribution >= 4 is 17.3 Å². The van der Waals surface area contributed by atoms with E-state index in [-0.39, 0.29) is 17.2 Å². The van der Waals surface area contributed by atoms with Gasteiger partial charge in [-0.05, 0) is 38.3 Å². The Labute approximate surface area is 129 Å². The highest BCUT2D eigenvalue weighted by molar-refractivity contribution is 5.99. The first-order chi connectivity index (χ1) is 10.5. The van der Waals surface area contributed by atoms with E-state index in [1.165, 1.54) is 12.1 Å². The molecule has 0 saturated carbocycles. The van der Waals surface area contributed by atoms with E-state index in [0.29, 0.717) is 31.7 Å². The topological polar surface area (TPSA) is 95.7 Å². The monoisotopic (exact) mass is 307 g/mol. The van der Waals surface area contributed by atoms with Gasteiger partial charge in [-0.25, -0.2) is 0 Å². The van der Waals surface area contributed by atoms with Gasteiger partial charge < -0.3 is 15.3 Å². The minimum absolute atomic E-state index is 0.119. The van der Waals surface area contributed by atoms with Crippen LogP contribution < -0.4 is 5.32 Å². The van der Waals surface area contributed by atoms with Gasteiger partial charge in [-0.15, -0.1) is 0 Å². The zero-order valence-corrected chi connectivity index (χ0v) is 12.6. The molecule has 0 aliphatic carbocycles. The minimum atomic E-state index is -0.525. The molecule has 7 nitrogen and oxygen atoms in total. The lowest BCUT2D eigenvalue weighted by Crippen LogP contribution is -2.28. The van der Waals surface area contributed by atoms with Crippen molar-refractivity contribution < 1.29 is 14.8 Å². The third kappa shape index (κ3) is 3.94. The summed E-state index contributed by atoms with van der Waals surface area (Å²) in [5.74, 6) is -0.289. The number of likely N-dealkylation sites (tertiary alicyclic amines) is 1. The first kappa shape index (κ1) is 16.2.